The number of hydrogen-bond acceptors (Lipinski definition) is 5. The molecule has 0 amide bonds. The standard InChI is InChI=1S/C10H14N4O4/c1-12-6-11-9(14(17)18)10(12)13-3-2-7(5-13)4-8(15)16/h6-7H,2-5H2,1H3,(H,15,16). The van der Waals surface area contributed by atoms with Crippen molar-refractivity contribution in [2.45, 2.75) is 12.8 Å². The summed E-state index contributed by atoms with van der Waals surface area (Å²) in [7, 11) is 1.69. The van der Waals surface area contributed by atoms with Gasteiger partial charge in [-0.1, -0.05) is 0 Å². The van der Waals surface area contributed by atoms with Crippen molar-refractivity contribution in [2.75, 3.05) is 18.0 Å². The van der Waals surface area contributed by atoms with Gasteiger partial charge in [-0.3, -0.25) is 9.36 Å². The third kappa shape index (κ3) is 2.27. The number of carboxylic acids is 1. The number of nitro groups is 1. The van der Waals surface area contributed by atoms with Gasteiger partial charge in [0.2, 0.25) is 12.1 Å². The van der Waals surface area contributed by atoms with E-state index < -0.39 is 10.9 Å². The van der Waals surface area contributed by atoms with Gasteiger partial charge >= 0.3 is 11.8 Å². The number of imidazole rings is 1. The number of anilines is 1. The zero-order valence-electron chi connectivity index (χ0n) is 9.94. The molecule has 1 saturated heterocycles. The molecule has 1 N–H and O–H groups in total. The molecule has 0 saturated carbocycles. The second kappa shape index (κ2) is 4.63. The molecule has 1 fully saturated rings. The molecule has 1 atom stereocenters. The Kier molecular flexibility index (Phi) is 3.17. The minimum Gasteiger partial charge on any atom is -0.481 e. The van der Waals surface area contributed by atoms with Gasteiger partial charge in [0, 0.05) is 26.6 Å². The third-order valence-electron chi connectivity index (χ3n) is 3.11. The van der Waals surface area contributed by atoms with E-state index in [0.29, 0.717) is 18.9 Å². The van der Waals surface area contributed by atoms with E-state index in [9.17, 15) is 14.9 Å². The van der Waals surface area contributed by atoms with Gasteiger partial charge in [-0.05, 0) is 22.2 Å². The number of hydrogen-bond donors (Lipinski definition) is 1. The maximum atomic E-state index is 10.9. The molecule has 1 aromatic heterocycles. The van der Waals surface area contributed by atoms with Gasteiger partial charge in [0.05, 0.1) is 0 Å². The molecule has 2 rings (SSSR count). The highest BCUT2D eigenvalue weighted by Crippen LogP contribution is 2.31. The van der Waals surface area contributed by atoms with Crippen molar-refractivity contribution in [1.82, 2.24) is 9.55 Å². The summed E-state index contributed by atoms with van der Waals surface area (Å²) < 4.78 is 1.60. The number of aryl methyl sites for hydroxylation is 1. The Morgan fingerprint density at radius 1 is 1.72 bits per heavy atom. The van der Waals surface area contributed by atoms with Crippen LogP contribution < -0.4 is 4.90 Å². The van der Waals surface area contributed by atoms with Crippen molar-refractivity contribution in [3.8, 4) is 0 Å². The molecule has 8 nitrogen and oxygen atoms in total. The van der Waals surface area contributed by atoms with Crippen LogP contribution in [0.5, 0.6) is 0 Å². The van der Waals surface area contributed by atoms with Crippen LogP contribution in [-0.2, 0) is 11.8 Å². The second-order valence-corrected chi connectivity index (χ2v) is 4.46. The summed E-state index contributed by atoms with van der Waals surface area (Å²) >= 11 is 0. The number of aromatic nitrogens is 2. The Hall–Kier alpha value is -2.12. The molecular weight excluding hydrogens is 240 g/mol. The molecule has 2 heterocycles. The zero-order valence-corrected chi connectivity index (χ0v) is 9.94. The lowest BCUT2D eigenvalue weighted by Gasteiger charge is -2.17. The van der Waals surface area contributed by atoms with Crippen LogP contribution in [-0.4, -0.2) is 38.6 Å². The lowest BCUT2D eigenvalue weighted by molar-refractivity contribution is -0.388. The number of nitrogens with zero attached hydrogens (tertiary/aromatic N) is 4. The largest absolute Gasteiger partial charge is 0.481 e. The molecular formula is C10H14N4O4. The highest BCUT2D eigenvalue weighted by Gasteiger charge is 2.32. The summed E-state index contributed by atoms with van der Waals surface area (Å²) in [4.78, 5) is 26.6. The number of carbonyl (C=O) groups is 1. The van der Waals surface area contributed by atoms with Crippen LogP contribution in [0, 0.1) is 16.0 Å². The smallest absolute Gasteiger partial charge is 0.406 e. The lowest BCUT2D eigenvalue weighted by Crippen LogP contribution is -2.23. The van der Waals surface area contributed by atoms with Crippen molar-refractivity contribution in [1.29, 1.82) is 0 Å². The molecule has 0 aromatic carbocycles. The SMILES string of the molecule is Cn1cnc([N+](=O)[O-])c1N1CCC(CC(=O)O)C1. The minimum absolute atomic E-state index is 0.0389. The Balaban J connectivity index is 2.16. The predicted molar refractivity (Wildman–Crippen MR) is 62.4 cm³/mol. The van der Waals surface area contributed by atoms with E-state index >= 15 is 0 Å². The van der Waals surface area contributed by atoms with E-state index in [1.165, 1.54) is 6.33 Å². The monoisotopic (exact) mass is 254 g/mol. The summed E-state index contributed by atoms with van der Waals surface area (Å²) in [6.45, 7) is 1.14. The van der Waals surface area contributed by atoms with Crippen molar-refractivity contribution in [3.05, 3.63) is 16.4 Å². The van der Waals surface area contributed by atoms with Crippen LogP contribution in [0.25, 0.3) is 0 Å². The third-order valence-corrected chi connectivity index (χ3v) is 3.11. The molecule has 1 unspecified atom stereocenters. The molecule has 1 aliphatic rings. The van der Waals surface area contributed by atoms with Gasteiger partial charge in [0.25, 0.3) is 0 Å². The molecule has 98 valence electrons. The van der Waals surface area contributed by atoms with Crippen molar-refractivity contribution >= 4 is 17.6 Å². The van der Waals surface area contributed by atoms with Crippen LogP contribution >= 0.6 is 0 Å². The molecule has 0 spiro atoms. The topological polar surface area (TPSA) is 101 Å². The van der Waals surface area contributed by atoms with Crippen LogP contribution in [0.4, 0.5) is 11.6 Å². The van der Waals surface area contributed by atoms with Gasteiger partial charge in [-0.15, -0.1) is 0 Å². The van der Waals surface area contributed by atoms with Gasteiger partial charge in [0.1, 0.15) is 0 Å². The van der Waals surface area contributed by atoms with Crippen molar-refractivity contribution in [3.63, 3.8) is 0 Å². The van der Waals surface area contributed by atoms with Gasteiger partial charge in [-0.25, -0.2) is 0 Å². The van der Waals surface area contributed by atoms with E-state index in [1.807, 2.05) is 4.90 Å². The summed E-state index contributed by atoms with van der Waals surface area (Å²) in [5.41, 5.74) is 0. The molecule has 18 heavy (non-hydrogen) atoms. The van der Waals surface area contributed by atoms with Crippen LogP contribution in [0.1, 0.15) is 12.8 Å². The first-order valence-corrected chi connectivity index (χ1v) is 5.61. The molecule has 1 aromatic rings. The molecule has 0 bridgehead atoms. The second-order valence-electron chi connectivity index (χ2n) is 4.46. The molecule has 8 heteroatoms. The maximum Gasteiger partial charge on any atom is 0.406 e. The fourth-order valence-corrected chi connectivity index (χ4v) is 2.34. The first kappa shape index (κ1) is 12.3. The summed E-state index contributed by atoms with van der Waals surface area (Å²) in [6.07, 6.45) is 2.23. The number of carboxylic acid groups (broad SMARTS) is 1. The number of aliphatic carboxylic acids is 1. The van der Waals surface area contributed by atoms with Crippen LogP contribution in [0.15, 0.2) is 6.33 Å². The normalized spacial score (nSPS) is 19.2. The highest BCUT2D eigenvalue weighted by atomic mass is 16.6. The van der Waals surface area contributed by atoms with Crippen molar-refractivity contribution in [2.24, 2.45) is 13.0 Å². The van der Waals surface area contributed by atoms with E-state index in [2.05, 4.69) is 4.98 Å². The Labute approximate surface area is 103 Å². The average molecular weight is 254 g/mol. The fourth-order valence-electron chi connectivity index (χ4n) is 2.34. The Morgan fingerprint density at radius 2 is 2.44 bits per heavy atom. The summed E-state index contributed by atoms with van der Waals surface area (Å²) in [5, 5.41) is 19.6. The predicted octanol–water partition coefficient (Wildman–Crippen LogP) is 0.629. The zero-order chi connectivity index (χ0) is 13.3. The lowest BCUT2D eigenvalue weighted by atomic mass is 10.1. The molecule has 0 radical (unpaired) electrons. The summed E-state index contributed by atoms with van der Waals surface area (Å²) in [5.74, 6) is -0.514. The first-order chi connectivity index (χ1) is 8.49. The van der Waals surface area contributed by atoms with Crippen LogP contribution in [0.2, 0.25) is 0 Å². The van der Waals surface area contributed by atoms with Crippen LogP contribution in [0.3, 0.4) is 0 Å². The average Bonchev–Trinajstić information content (AvgIpc) is 2.83. The van der Waals surface area contributed by atoms with E-state index in [1.54, 1.807) is 11.6 Å². The summed E-state index contributed by atoms with van der Waals surface area (Å²) in [6, 6.07) is 0. The van der Waals surface area contributed by atoms with E-state index in [0.717, 1.165) is 6.42 Å². The fraction of sp³-hybridized carbons (Fsp3) is 0.600. The highest BCUT2D eigenvalue weighted by molar-refractivity contribution is 5.67. The quantitative estimate of drug-likeness (QED) is 0.624. The minimum atomic E-state index is -0.832. The Bertz CT molecular complexity index is 484. The van der Waals surface area contributed by atoms with Gasteiger partial charge in [-0.2, -0.15) is 0 Å². The van der Waals surface area contributed by atoms with Gasteiger partial charge < -0.3 is 20.1 Å². The van der Waals surface area contributed by atoms with E-state index in [-0.39, 0.29) is 18.2 Å². The maximum absolute atomic E-state index is 10.9. The molecule has 1 aliphatic heterocycles. The number of rotatable bonds is 4. The van der Waals surface area contributed by atoms with E-state index in [4.69, 9.17) is 5.11 Å². The van der Waals surface area contributed by atoms with Gasteiger partial charge in [0.15, 0.2) is 0 Å². The molecule has 0 aliphatic carbocycles. The van der Waals surface area contributed by atoms with Crippen molar-refractivity contribution < 1.29 is 14.8 Å². The Morgan fingerprint density at radius 3 is 3.06 bits per heavy atom. The first-order valence-electron chi connectivity index (χ1n) is 5.61.